The first-order chi connectivity index (χ1) is 11.8. The van der Waals surface area contributed by atoms with Crippen molar-refractivity contribution in [2.45, 2.75) is 25.4 Å². The molecule has 1 unspecified atom stereocenters. The lowest BCUT2D eigenvalue weighted by molar-refractivity contribution is 0.00849. The number of nitrogens with zero attached hydrogens (tertiary/aromatic N) is 3. The summed E-state index contributed by atoms with van der Waals surface area (Å²) in [5, 5.41) is 0. The maximum absolute atomic E-state index is 13.0. The van der Waals surface area contributed by atoms with Crippen molar-refractivity contribution in [2.75, 3.05) is 19.6 Å². The van der Waals surface area contributed by atoms with Crippen LogP contribution in [0.2, 0.25) is 0 Å². The third-order valence-electron chi connectivity index (χ3n) is 5.99. The first-order valence-electron chi connectivity index (χ1n) is 8.87. The number of carbonyl (C=O) groups excluding carboxylic acids is 1. The van der Waals surface area contributed by atoms with Crippen molar-refractivity contribution in [2.24, 2.45) is 5.92 Å². The van der Waals surface area contributed by atoms with Crippen LogP contribution in [0.1, 0.15) is 28.8 Å². The Kier molecular flexibility index (Phi) is 3.20. The number of rotatable bonds is 2. The van der Waals surface area contributed by atoms with Gasteiger partial charge in [0.15, 0.2) is 0 Å². The SMILES string of the molecule is O=C1c2cccc(-c3cccnc3)c2CN1C1CN2CCC1CC2. The van der Waals surface area contributed by atoms with Gasteiger partial charge in [-0.25, -0.2) is 0 Å². The van der Waals surface area contributed by atoms with E-state index in [2.05, 4.69) is 26.9 Å². The van der Waals surface area contributed by atoms with Gasteiger partial charge in [-0.3, -0.25) is 9.78 Å². The summed E-state index contributed by atoms with van der Waals surface area (Å²) in [7, 11) is 0. The quantitative estimate of drug-likeness (QED) is 0.854. The van der Waals surface area contributed by atoms with Gasteiger partial charge in [0, 0.05) is 42.7 Å². The number of piperidine rings is 3. The standard InChI is InChI=1S/C20H21N3O/c24-20-17-5-1-4-16(15-3-2-8-21-11-15)18(17)12-23(20)19-13-22-9-6-14(19)7-10-22/h1-5,8,11,14,19H,6-7,9-10,12-13H2. The molecule has 2 bridgehead atoms. The van der Waals surface area contributed by atoms with E-state index in [1.165, 1.54) is 31.5 Å². The maximum Gasteiger partial charge on any atom is 0.254 e. The number of hydrogen-bond donors (Lipinski definition) is 0. The van der Waals surface area contributed by atoms with E-state index < -0.39 is 0 Å². The Morgan fingerprint density at radius 2 is 1.88 bits per heavy atom. The van der Waals surface area contributed by atoms with Crippen LogP contribution >= 0.6 is 0 Å². The molecule has 3 saturated heterocycles. The molecule has 4 aliphatic rings. The van der Waals surface area contributed by atoms with Crippen molar-refractivity contribution < 1.29 is 4.79 Å². The Hall–Kier alpha value is -2.20. The van der Waals surface area contributed by atoms with Gasteiger partial charge in [0.2, 0.25) is 0 Å². The lowest BCUT2D eigenvalue weighted by atomic mass is 9.83. The summed E-state index contributed by atoms with van der Waals surface area (Å²) in [6, 6.07) is 10.5. The third-order valence-corrected chi connectivity index (χ3v) is 5.99. The number of pyridine rings is 1. The normalized spacial score (nSPS) is 28.2. The summed E-state index contributed by atoms with van der Waals surface area (Å²) in [6.45, 7) is 4.20. The minimum absolute atomic E-state index is 0.217. The summed E-state index contributed by atoms with van der Waals surface area (Å²) in [5.74, 6) is 0.893. The van der Waals surface area contributed by atoms with Crippen LogP contribution in [0.5, 0.6) is 0 Å². The van der Waals surface area contributed by atoms with E-state index in [4.69, 9.17) is 0 Å². The minimum Gasteiger partial charge on any atom is -0.330 e. The zero-order valence-electron chi connectivity index (χ0n) is 13.7. The van der Waals surface area contributed by atoms with Gasteiger partial charge in [-0.05, 0) is 55.1 Å². The Morgan fingerprint density at radius 3 is 2.58 bits per heavy atom. The molecule has 1 amide bonds. The summed E-state index contributed by atoms with van der Waals surface area (Å²) in [4.78, 5) is 21.9. The fraction of sp³-hybridized carbons (Fsp3) is 0.400. The molecule has 2 aromatic rings. The van der Waals surface area contributed by atoms with Crippen LogP contribution in [0.25, 0.3) is 11.1 Å². The molecular weight excluding hydrogens is 298 g/mol. The molecule has 24 heavy (non-hydrogen) atoms. The maximum atomic E-state index is 13.0. The molecule has 0 N–H and O–H groups in total. The van der Waals surface area contributed by atoms with E-state index in [0.717, 1.165) is 29.8 Å². The van der Waals surface area contributed by atoms with Gasteiger partial charge in [-0.1, -0.05) is 18.2 Å². The average molecular weight is 319 g/mol. The molecule has 0 aliphatic carbocycles. The van der Waals surface area contributed by atoms with Crippen LogP contribution in [0.15, 0.2) is 42.7 Å². The number of aromatic nitrogens is 1. The van der Waals surface area contributed by atoms with E-state index in [1.807, 2.05) is 24.4 Å². The smallest absolute Gasteiger partial charge is 0.254 e. The molecule has 5 heterocycles. The molecule has 1 atom stereocenters. The van der Waals surface area contributed by atoms with Gasteiger partial charge in [0.05, 0.1) is 0 Å². The third kappa shape index (κ3) is 2.09. The van der Waals surface area contributed by atoms with Gasteiger partial charge in [0.25, 0.3) is 5.91 Å². The zero-order valence-corrected chi connectivity index (χ0v) is 13.7. The predicted molar refractivity (Wildman–Crippen MR) is 92.5 cm³/mol. The minimum atomic E-state index is 0.217. The van der Waals surface area contributed by atoms with Crippen LogP contribution < -0.4 is 0 Å². The van der Waals surface area contributed by atoms with Crippen molar-refractivity contribution in [1.82, 2.24) is 14.8 Å². The summed E-state index contributed by atoms with van der Waals surface area (Å²) >= 11 is 0. The highest BCUT2D eigenvalue weighted by Crippen LogP contribution is 2.38. The molecule has 6 rings (SSSR count). The Bertz CT molecular complexity index is 781. The number of carbonyl (C=O) groups is 1. The topological polar surface area (TPSA) is 36.4 Å². The van der Waals surface area contributed by atoms with E-state index in [1.54, 1.807) is 6.20 Å². The lowest BCUT2D eigenvalue weighted by Gasteiger charge is -2.48. The van der Waals surface area contributed by atoms with E-state index >= 15 is 0 Å². The fourth-order valence-electron chi connectivity index (χ4n) is 4.70. The van der Waals surface area contributed by atoms with E-state index in [-0.39, 0.29) is 5.91 Å². The highest BCUT2D eigenvalue weighted by Gasteiger charge is 2.42. The Balaban J connectivity index is 1.51. The zero-order chi connectivity index (χ0) is 16.1. The summed E-state index contributed by atoms with van der Waals surface area (Å²) < 4.78 is 0. The molecular formula is C20H21N3O. The van der Waals surface area contributed by atoms with Gasteiger partial charge < -0.3 is 9.80 Å². The number of benzene rings is 1. The van der Waals surface area contributed by atoms with Crippen molar-refractivity contribution in [3.05, 3.63) is 53.9 Å². The van der Waals surface area contributed by atoms with Crippen LogP contribution in [0, 0.1) is 5.92 Å². The monoisotopic (exact) mass is 319 g/mol. The van der Waals surface area contributed by atoms with E-state index in [0.29, 0.717) is 12.0 Å². The van der Waals surface area contributed by atoms with Gasteiger partial charge in [-0.2, -0.15) is 0 Å². The largest absolute Gasteiger partial charge is 0.330 e. The first kappa shape index (κ1) is 14.2. The summed E-state index contributed by atoms with van der Waals surface area (Å²) in [6.07, 6.45) is 6.15. The molecule has 0 spiro atoms. The van der Waals surface area contributed by atoms with Crippen molar-refractivity contribution in [3.8, 4) is 11.1 Å². The van der Waals surface area contributed by atoms with Crippen molar-refractivity contribution in [3.63, 3.8) is 0 Å². The van der Waals surface area contributed by atoms with Crippen molar-refractivity contribution in [1.29, 1.82) is 0 Å². The van der Waals surface area contributed by atoms with Crippen molar-refractivity contribution >= 4 is 5.91 Å². The second kappa shape index (κ2) is 5.42. The molecule has 3 fully saturated rings. The molecule has 1 aromatic carbocycles. The molecule has 122 valence electrons. The second-order valence-corrected chi connectivity index (χ2v) is 7.21. The molecule has 0 radical (unpaired) electrons. The molecule has 4 heteroatoms. The van der Waals surface area contributed by atoms with Crippen LogP contribution in [0.4, 0.5) is 0 Å². The average Bonchev–Trinajstić information content (AvgIpc) is 3.00. The molecule has 1 aromatic heterocycles. The molecule has 4 nitrogen and oxygen atoms in total. The van der Waals surface area contributed by atoms with E-state index in [9.17, 15) is 4.79 Å². The van der Waals surface area contributed by atoms with Gasteiger partial charge in [0.1, 0.15) is 0 Å². The van der Waals surface area contributed by atoms with Gasteiger partial charge >= 0.3 is 0 Å². The Labute approximate surface area is 142 Å². The molecule has 0 saturated carbocycles. The second-order valence-electron chi connectivity index (χ2n) is 7.21. The lowest BCUT2D eigenvalue weighted by Crippen LogP contribution is -2.57. The first-order valence-corrected chi connectivity index (χ1v) is 8.87. The van der Waals surface area contributed by atoms with Crippen LogP contribution in [-0.4, -0.2) is 46.4 Å². The number of fused-ring (bicyclic) bond motifs is 4. The fourth-order valence-corrected chi connectivity index (χ4v) is 4.70. The Morgan fingerprint density at radius 1 is 1.04 bits per heavy atom. The highest BCUT2D eigenvalue weighted by atomic mass is 16.2. The predicted octanol–water partition coefficient (Wildman–Crippen LogP) is 2.80. The molecule has 4 aliphatic heterocycles. The summed E-state index contributed by atoms with van der Waals surface area (Å²) in [5.41, 5.74) is 4.30. The van der Waals surface area contributed by atoms with Crippen LogP contribution in [0.3, 0.4) is 0 Å². The highest BCUT2D eigenvalue weighted by molar-refractivity contribution is 6.00. The number of amides is 1. The van der Waals surface area contributed by atoms with Gasteiger partial charge in [-0.15, -0.1) is 0 Å². The number of hydrogen-bond acceptors (Lipinski definition) is 3. The van der Waals surface area contributed by atoms with Crippen LogP contribution in [-0.2, 0) is 6.54 Å².